The van der Waals surface area contributed by atoms with Gasteiger partial charge in [0.15, 0.2) is 11.5 Å². The van der Waals surface area contributed by atoms with Gasteiger partial charge in [-0.1, -0.05) is 23.8 Å². The average Bonchev–Trinajstić information content (AvgIpc) is 3.48. The summed E-state index contributed by atoms with van der Waals surface area (Å²) in [5, 5.41) is 11.4. The molecule has 1 aliphatic heterocycles. The van der Waals surface area contributed by atoms with Crippen molar-refractivity contribution in [2.24, 2.45) is 0 Å². The van der Waals surface area contributed by atoms with E-state index in [4.69, 9.17) is 9.47 Å². The molecule has 1 unspecified atom stereocenters. The molecule has 0 radical (unpaired) electrons. The molecule has 0 aliphatic carbocycles. The van der Waals surface area contributed by atoms with Gasteiger partial charge < -0.3 is 24.0 Å². The van der Waals surface area contributed by atoms with E-state index < -0.39 is 17.7 Å². The Morgan fingerprint density at radius 2 is 1.89 bits per heavy atom. The van der Waals surface area contributed by atoms with Crippen LogP contribution in [0.2, 0.25) is 0 Å². The first-order valence-corrected chi connectivity index (χ1v) is 12.0. The van der Waals surface area contributed by atoms with Gasteiger partial charge in [0.1, 0.15) is 5.76 Å². The van der Waals surface area contributed by atoms with Gasteiger partial charge in [-0.05, 0) is 56.5 Å². The van der Waals surface area contributed by atoms with Crippen LogP contribution in [0, 0.1) is 13.8 Å². The maximum atomic E-state index is 13.3. The number of hydrogen-bond acceptors (Lipinski definition) is 6. The van der Waals surface area contributed by atoms with Gasteiger partial charge in [-0.2, -0.15) is 0 Å². The number of nitrogens with zero attached hydrogens (tertiary/aromatic N) is 3. The highest BCUT2D eigenvalue weighted by atomic mass is 16.5. The molecule has 1 aromatic heterocycles. The number of methoxy groups -OCH3 is 1. The number of aliphatic hydroxyl groups is 1. The van der Waals surface area contributed by atoms with Gasteiger partial charge in [-0.3, -0.25) is 9.59 Å². The van der Waals surface area contributed by atoms with Crippen LogP contribution >= 0.6 is 0 Å². The number of aryl methyl sites for hydroxylation is 3. The minimum atomic E-state index is -0.766. The molecule has 2 aromatic carbocycles. The summed E-state index contributed by atoms with van der Waals surface area (Å²) >= 11 is 0. The lowest BCUT2D eigenvalue weighted by Gasteiger charge is -2.26. The van der Waals surface area contributed by atoms with Gasteiger partial charge >= 0.3 is 0 Å². The van der Waals surface area contributed by atoms with Crippen LogP contribution in [-0.2, 0) is 16.1 Å². The second-order valence-corrected chi connectivity index (χ2v) is 8.81. The number of benzene rings is 2. The van der Waals surface area contributed by atoms with Crippen LogP contribution in [0.25, 0.3) is 5.76 Å². The molecule has 1 amide bonds. The summed E-state index contributed by atoms with van der Waals surface area (Å²) in [6, 6.07) is 10.2. The lowest BCUT2D eigenvalue weighted by atomic mass is 9.93. The number of likely N-dealkylation sites (tertiary alicyclic amines) is 1. The Morgan fingerprint density at radius 1 is 1.08 bits per heavy atom. The molecule has 1 saturated heterocycles. The molecule has 0 spiro atoms. The van der Waals surface area contributed by atoms with E-state index in [1.807, 2.05) is 55.8 Å². The van der Waals surface area contributed by atoms with E-state index >= 15 is 0 Å². The van der Waals surface area contributed by atoms with Crippen molar-refractivity contribution in [2.45, 2.75) is 39.8 Å². The van der Waals surface area contributed by atoms with Crippen molar-refractivity contribution in [3.63, 3.8) is 0 Å². The van der Waals surface area contributed by atoms with Crippen LogP contribution < -0.4 is 9.47 Å². The third-order valence-corrected chi connectivity index (χ3v) is 6.37. The standard InChI is InChI=1S/C28H31N3O5/c1-5-36-22-10-9-20(16-23(22)35-4)25-24(26(32)21-15-18(2)7-8-19(21)3)27(33)28(34)31(25)13-6-12-30-14-11-29-17-30/h7-11,14-17,25,32H,5-6,12-13H2,1-4H3/b26-24+. The van der Waals surface area contributed by atoms with E-state index in [9.17, 15) is 14.7 Å². The molecule has 4 rings (SSSR count). The van der Waals surface area contributed by atoms with Crippen LogP contribution in [0.4, 0.5) is 0 Å². The van der Waals surface area contributed by atoms with Crippen LogP contribution in [0.15, 0.2) is 60.7 Å². The monoisotopic (exact) mass is 489 g/mol. The lowest BCUT2D eigenvalue weighted by molar-refractivity contribution is -0.139. The molecule has 3 aromatic rings. The smallest absolute Gasteiger partial charge is 0.295 e. The zero-order valence-corrected chi connectivity index (χ0v) is 21.0. The number of imidazole rings is 1. The first-order chi connectivity index (χ1) is 17.3. The summed E-state index contributed by atoms with van der Waals surface area (Å²) in [6.07, 6.45) is 5.87. The first-order valence-electron chi connectivity index (χ1n) is 12.0. The van der Waals surface area contributed by atoms with Gasteiger partial charge in [-0.25, -0.2) is 4.98 Å². The fourth-order valence-electron chi connectivity index (χ4n) is 4.56. The number of carbonyl (C=O) groups excluding carboxylic acids is 2. The second kappa shape index (κ2) is 10.7. The number of carbonyl (C=O) groups is 2. The molecular formula is C28H31N3O5. The predicted molar refractivity (Wildman–Crippen MR) is 136 cm³/mol. The second-order valence-electron chi connectivity index (χ2n) is 8.81. The molecule has 0 bridgehead atoms. The van der Waals surface area contributed by atoms with E-state index in [1.165, 1.54) is 4.90 Å². The molecule has 188 valence electrons. The SMILES string of the molecule is CCOc1ccc(C2/C(=C(\O)c3cc(C)ccc3C)C(=O)C(=O)N2CCCn2ccnc2)cc1OC. The molecule has 8 heteroatoms. The van der Waals surface area contributed by atoms with E-state index in [0.717, 1.165) is 11.1 Å². The Morgan fingerprint density at radius 3 is 2.58 bits per heavy atom. The minimum absolute atomic E-state index is 0.0718. The van der Waals surface area contributed by atoms with Crippen LogP contribution in [-0.4, -0.2) is 51.5 Å². The van der Waals surface area contributed by atoms with E-state index in [2.05, 4.69) is 4.98 Å². The van der Waals surface area contributed by atoms with Crippen molar-refractivity contribution in [3.05, 3.63) is 82.9 Å². The number of aliphatic hydroxyl groups excluding tert-OH is 1. The summed E-state index contributed by atoms with van der Waals surface area (Å²) in [7, 11) is 1.54. The number of rotatable bonds is 9. The van der Waals surface area contributed by atoms with Crippen molar-refractivity contribution in [2.75, 3.05) is 20.3 Å². The zero-order chi connectivity index (χ0) is 25.8. The normalized spacial score (nSPS) is 17.0. The molecule has 2 heterocycles. The first kappa shape index (κ1) is 25.0. The number of ether oxygens (including phenoxy) is 2. The highest BCUT2D eigenvalue weighted by Gasteiger charge is 2.46. The quantitative estimate of drug-likeness (QED) is 0.272. The summed E-state index contributed by atoms with van der Waals surface area (Å²) in [6.45, 7) is 7.10. The Hall–Kier alpha value is -4.07. The summed E-state index contributed by atoms with van der Waals surface area (Å²) in [5.74, 6) is -0.454. The van der Waals surface area contributed by atoms with Gasteiger partial charge in [0.25, 0.3) is 11.7 Å². The Labute approximate surface area is 210 Å². The number of hydrogen-bond donors (Lipinski definition) is 1. The molecule has 0 saturated carbocycles. The van der Waals surface area contributed by atoms with Gasteiger partial charge in [0, 0.05) is 31.0 Å². The minimum Gasteiger partial charge on any atom is -0.507 e. The van der Waals surface area contributed by atoms with Crippen molar-refractivity contribution in [1.29, 1.82) is 0 Å². The third-order valence-electron chi connectivity index (χ3n) is 6.37. The highest BCUT2D eigenvalue weighted by Crippen LogP contribution is 2.42. The topological polar surface area (TPSA) is 93.9 Å². The van der Waals surface area contributed by atoms with Crippen LogP contribution in [0.5, 0.6) is 11.5 Å². The molecule has 1 N–H and O–H groups in total. The van der Waals surface area contributed by atoms with Crippen LogP contribution in [0.3, 0.4) is 0 Å². The van der Waals surface area contributed by atoms with E-state index in [0.29, 0.717) is 48.7 Å². The average molecular weight is 490 g/mol. The fourth-order valence-corrected chi connectivity index (χ4v) is 4.56. The number of aromatic nitrogens is 2. The van der Waals surface area contributed by atoms with E-state index in [1.54, 1.807) is 31.8 Å². The Kier molecular flexibility index (Phi) is 7.43. The number of amides is 1. The summed E-state index contributed by atoms with van der Waals surface area (Å²) in [4.78, 5) is 32.2. The largest absolute Gasteiger partial charge is 0.507 e. The number of ketones is 1. The fraction of sp³-hybridized carbons (Fsp3) is 0.321. The maximum absolute atomic E-state index is 13.3. The third kappa shape index (κ3) is 4.84. The van der Waals surface area contributed by atoms with Crippen molar-refractivity contribution < 1.29 is 24.2 Å². The van der Waals surface area contributed by atoms with Crippen molar-refractivity contribution >= 4 is 17.4 Å². The molecule has 1 atom stereocenters. The summed E-state index contributed by atoms with van der Waals surface area (Å²) < 4.78 is 13.1. The molecule has 1 fully saturated rings. The summed E-state index contributed by atoms with van der Waals surface area (Å²) in [5.41, 5.74) is 3.02. The molecule has 36 heavy (non-hydrogen) atoms. The van der Waals surface area contributed by atoms with E-state index in [-0.39, 0.29) is 11.3 Å². The Balaban J connectivity index is 1.81. The van der Waals surface area contributed by atoms with Gasteiger partial charge in [0.05, 0.1) is 31.7 Å². The van der Waals surface area contributed by atoms with Crippen molar-refractivity contribution in [3.8, 4) is 11.5 Å². The predicted octanol–water partition coefficient (Wildman–Crippen LogP) is 4.42. The molecule has 1 aliphatic rings. The van der Waals surface area contributed by atoms with Crippen LogP contribution in [0.1, 0.15) is 41.6 Å². The molecular weight excluding hydrogens is 458 g/mol. The molecule has 8 nitrogen and oxygen atoms in total. The number of Topliss-reactive ketones (excluding diaryl/α,β-unsaturated/α-hetero) is 1. The van der Waals surface area contributed by atoms with Gasteiger partial charge in [0.2, 0.25) is 0 Å². The Bertz CT molecular complexity index is 1300. The highest BCUT2D eigenvalue weighted by molar-refractivity contribution is 6.46. The lowest BCUT2D eigenvalue weighted by Crippen LogP contribution is -2.31. The van der Waals surface area contributed by atoms with Gasteiger partial charge in [-0.15, -0.1) is 0 Å². The van der Waals surface area contributed by atoms with Crippen molar-refractivity contribution in [1.82, 2.24) is 14.5 Å². The maximum Gasteiger partial charge on any atom is 0.295 e. The zero-order valence-electron chi connectivity index (χ0n) is 21.0.